The summed E-state index contributed by atoms with van der Waals surface area (Å²) in [6.45, 7) is 11.3. The minimum atomic E-state index is -0.200. The lowest BCUT2D eigenvalue weighted by Gasteiger charge is -2.29. The average molecular weight is 512 g/mol. The zero-order valence-electron chi connectivity index (χ0n) is 23.1. The third kappa shape index (κ3) is 5.82. The lowest BCUT2D eigenvalue weighted by Crippen LogP contribution is -2.22. The van der Waals surface area contributed by atoms with E-state index in [-0.39, 0.29) is 11.7 Å². The maximum Gasteiger partial charge on any atom is 0.123 e. The van der Waals surface area contributed by atoms with Crippen molar-refractivity contribution < 1.29 is 9.13 Å². The molecule has 2 aromatic carbocycles. The summed E-state index contributed by atoms with van der Waals surface area (Å²) in [5.41, 5.74) is 7.61. The van der Waals surface area contributed by atoms with Gasteiger partial charge in [-0.15, -0.1) is 0 Å². The largest absolute Gasteiger partial charge is 0.493 e. The van der Waals surface area contributed by atoms with Gasteiger partial charge in [0.05, 0.1) is 17.6 Å². The number of aromatic nitrogens is 2. The molecular formula is C33H38FN3O. The van der Waals surface area contributed by atoms with Crippen molar-refractivity contribution in [3.63, 3.8) is 0 Å². The molecular weight excluding hydrogens is 473 g/mol. The third-order valence-corrected chi connectivity index (χ3v) is 7.73. The number of aliphatic imine (C=N–C) groups is 1. The van der Waals surface area contributed by atoms with Gasteiger partial charge in [-0.1, -0.05) is 45.9 Å². The number of halogens is 1. The monoisotopic (exact) mass is 511 g/mol. The summed E-state index contributed by atoms with van der Waals surface area (Å²) in [7, 11) is 0. The van der Waals surface area contributed by atoms with Crippen LogP contribution in [0.4, 0.5) is 4.39 Å². The predicted octanol–water partition coefficient (Wildman–Crippen LogP) is 8.55. The number of H-pyrrole nitrogens is 1. The number of benzene rings is 2. The van der Waals surface area contributed by atoms with Gasteiger partial charge in [-0.2, -0.15) is 0 Å². The van der Waals surface area contributed by atoms with E-state index in [1.54, 1.807) is 12.2 Å². The Bertz CT molecular complexity index is 1440. The summed E-state index contributed by atoms with van der Waals surface area (Å²) >= 11 is 0. The highest BCUT2D eigenvalue weighted by atomic mass is 19.1. The zero-order chi connectivity index (χ0) is 26.8. The summed E-state index contributed by atoms with van der Waals surface area (Å²) < 4.78 is 20.5. The molecule has 1 aromatic heterocycles. The number of hydrogen-bond acceptors (Lipinski definition) is 3. The van der Waals surface area contributed by atoms with Gasteiger partial charge in [0.15, 0.2) is 0 Å². The summed E-state index contributed by atoms with van der Waals surface area (Å²) in [6, 6.07) is 12.9. The third-order valence-electron chi connectivity index (χ3n) is 7.73. The second-order valence-corrected chi connectivity index (χ2v) is 11.3. The molecule has 5 heteroatoms. The molecule has 1 N–H and O–H groups in total. The highest BCUT2D eigenvalue weighted by molar-refractivity contribution is 5.82. The Kier molecular flexibility index (Phi) is 7.64. The van der Waals surface area contributed by atoms with Crippen molar-refractivity contribution >= 4 is 17.2 Å². The maximum absolute atomic E-state index is 14.2. The SMILES string of the molecule is Cc1nc2ccc(-c3ccc4c(c3)CC(C)C(CC(N=CC(C)C)=C3C=C(F)C=CC3C)CCO4)cc2[nH]1. The average Bonchev–Trinajstić information content (AvgIpc) is 3.25. The van der Waals surface area contributed by atoms with Crippen molar-refractivity contribution in [2.45, 2.75) is 53.9 Å². The fourth-order valence-corrected chi connectivity index (χ4v) is 5.54. The number of fused-ring (bicyclic) bond motifs is 2. The molecule has 1 aliphatic heterocycles. The van der Waals surface area contributed by atoms with Crippen LogP contribution < -0.4 is 4.74 Å². The van der Waals surface area contributed by atoms with Gasteiger partial charge in [-0.3, -0.25) is 4.99 Å². The molecule has 0 spiro atoms. The number of aromatic amines is 1. The van der Waals surface area contributed by atoms with E-state index in [1.165, 1.54) is 16.7 Å². The molecule has 2 aliphatic rings. The van der Waals surface area contributed by atoms with Crippen LogP contribution in [0, 0.1) is 30.6 Å². The number of ether oxygens (including phenoxy) is 1. The first kappa shape index (κ1) is 26.1. The molecule has 0 bridgehead atoms. The predicted molar refractivity (Wildman–Crippen MR) is 155 cm³/mol. The minimum Gasteiger partial charge on any atom is -0.493 e. The number of allylic oxidation sites excluding steroid dienone is 6. The second kappa shape index (κ2) is 11.1. The van der Waals surface area contributed by atoms with E-state index in [9.17, 15) is 4.39 Å². The van der Waals surface area contributed by atoms with Crippen molar-refractivity contribution in [3.05, 3.63) is 83.1 Å². The van der Waals surface area contributed by atoms with E-state index in [1.807, 2.05) is 19.2 Å². The number of hydrogen-bond donors (Lipinski definition) is 1. The van der Waals surface area contributed by atoms with Crippen LogP contribution in [0.3, 0.4) is 0 Å². The molecule has 3 atom stereocenters. The standard InChI is InChI=1S/C33H38FN3O/c1-20(2)19-35-31(29-18-28(34)9-6-21(29)3)16-24-12-13-38-33-11-8-25(15-27(33)14-22(24)4)26-7-10-30-32(17-26)37-23(5)36-30/h6-11,15,17-22,24H,12-14,16H2,1-5H3,(H,36,37). The van der Waals surface area contributed by atoms with E-state index in [0.29, 0.717) is 24.4 Å². The van der Waals surface area contributed by atoms with Crippen LogP contribution in [0.1, 0.15) is 51.9 Å². The molecule has 0 fully saturated rings. The van der Waals surface area contributed by atoms with Crippen molar-refractivity contribution in [2.75, 3.05) is 6.61 Å². The van der Waals surface area contributed by atoms with Crippen LogP contribution in [0.25, 0.3) is 22.2 Å². The Labute approximate surface area is 225 Å². The molecule has 3 aromatic rings. The smallest absolute Gasteiger partial charge is 0.123 e. The van der Waals surface area contributed by atoms with Crippen LogP contribution in [-0.4, -0.2) is 22.8 Å². The van der Waals surface area contributed by atoms with E-state index in [0.717, 1.165) is 53.1 Å². The van der Waals surface area contributed by atoms with E-state index < -0.39 is 0 Å². The van der Waals surface area contributed by atoms with Gasteiger partial charge >= 0.3 is 0 Å². The number of imidazole rings is 1. The first-order valence-electron chi connectivity index (χ1n) is 13.8. The molecule has 4 nitrogen and oxygen atoms in total. The molecule has 5 rings (SSSR count). The van der Waals surface area contributed by atoms with Gasteiger partial charge in [-0.25, -0.2) is 9.37 Å². The van der Waals surface area contributed by atoms with Gasteiger partial charge in [0.25, 0.3) is 0 Å². The van der Waals surface area contributed by atoms with Gasteiger partial charge in [0.2, 0.25) is 0 Å². The fourth-order valence-electron chi connectivity index (χ4n) is 5.54. The molecule has 0 radical (unpaired) electrons. The zero-order valence-corrected chi connectivity index (χ0v) is 23.1. The first-order valence-corrected chi connectivity index (χ1v) is 13.8. The van der Waals surface area contributed by atoms with Crippen molar-refractivity contribution in [1.82, 2.24) is 9.97 Å². The first-order chi connectivity index (χ1) is 18.3. The summed E-state index contributed by atoms with van der Waals surface area (Å²) in [5.74, 6) is 3.00. The summed E-state index contributed by atoms with van der Waals surface area (Å²) in [6.07, 6.45) is 9.84. The Hall–Kier alpha value is -3.47. The van der Waals surface area contributed by atoms with Crippen molar-refractivity contribution in [2.24, 2.45) is 28.7 Å². The molecule has 2 heterocycles. The Balaban J connectivity index is 1.42. The normalized spacial score (nSPS) is 23.2. The van der Waals surface area contributed by atoms with Crippen LogP contribution in [0.5, 0.6) is 5.75 Å². The Morgan fingerprint density at radius 2 is 1.97 bits per heavy atom. The molecule has 0 saturated heterocycles. The molecule has 3 unspecified atom stereocenters. The highest BCUT2D eigenvalue weighted by Gasteiger charge is 2.26. The summed E-state index contributed by atoms with van der Waals surface area (Å²) in [4.78, 5) is 12.8. The lowest BCUT2D eigenvalue weighted by molar-refractivity contribution is 0.221. The van der Waals surface area contributed by atoms with Gasteiger partial charge < -0.3 is 9.72 Å². The molecule has 198 valence electrons. The molecule has 0 saturated carbocycles. The number of nitrogens with one attached hydrogen (secondary N) is 1. The van der Waals surface area contributed by atoms with Gasteiger partial charge in [0, 0.05) is 17.8 Å². The van der Waals surface area contributed by atoms with Crippen LogP contribution in [-0.2, 0) is 6.42 Å². The van der Waals surface area contributed by atoms with Crippen LogP contribution >= 0.6 is 0 Å². The number of aryl methyl sites for hydroxylation is 1. The molecule has 1 aliphatic carbocycles. The number of rotatable bonds is 5. The highest BCUT2D eigenvalue weighted by Crippen LogP contribution is 2.37. The van der Waals surface area contributed by atoms with E-state index in [2.05, 4.69) is 74.1 Å². The topological polar surface area (TPSA) is 50.3 Å². The molecule has 38 heavy (non-hydrogen) atoms. The second-order valence-electron chi connectivity index (χ2n) is 11.3. The Morgan fingerprint density at radius 1 is 1.18 bits per heavy atom. The lowest BCUT2D eigenvalue weighted by atomic mass is 9.80. The van der Waals surface area contributed by atoms with Crippen LogP contribution in [0.2, 0.25) is 0 Å². The van der Waals surface area contributed by atoms with Gasteiger partial charge in [-0.05, 0) is 103 Å². The quantitative estimate of drug-likeness (QED) is 0.349. The maximum atomic E-state index is 14.2. The van der Waals surface area contributed by atoms with Gasteiger partial charge in [0.1, 0.15) is 17.4 Å². The minimum absolute atomic E-state index is 0.146. The fraction of sp³-hybridized carbons (Fsp3) is 0.394. The van der Waals surface area contributed by atoms with Crippen molar-refractivity contribution in [3.8, 4) is 16.9 Å². The van der Waals surface area contributed by atoms with Crippen molar-refractivity contribution in [1.29, 1.82) is 0 Å². The van der Waals surface area contributed by atoms with Crippen LogP contribution in [0.15, 0.2) is 76.7 Å². The molecule has 0 amide bonds. The summed E-state index contributed by atoms with van der Waals surface area (Å²) in [5, 5.41) is 0. The Morgan fingerprint density at radius 3 is 2.79 bits per heavy atom. The number of nitrogens with zero attached hydrogens (tertiary/aromatic N) is 2. The van der Waals surface area contributed by atoms with E-state index in [4.69, 9.17) is 9.73 Å². The van der Waals surface area contributed by atoms with E-state index >= 15 is 0 Å².